The molecule has 0 amide bonds. The molecular formula is C15H18N4O2. The first-order valence-electron chi connectivity index (χ1n) is 7.47. The lowest BCUT2D eigenvalue weighted by Crippen LogP contribution is -2.44. The van der Waals surface area contributed by atoms with Crippen LogP contribution in [0.15, 0.2) is 28.9 Å². The summed E-state index contributed by atoms with van der Waals surface area (Å²) >= 11 is 0. The Hall–Kier alpha value is -1.79. The van der Waals surface area contributed by atoms with Gasteiger partial charge in [-0.3, -0.25) is 9.88 Å². The number of piperidine rings is 1. The molecule has 0 radical (unpaired) electrons. The molecule has 2 aromatic rings. The van der Waals surface area contributed by atoms with E-state index in [0.717, 1.165) is 31.4 Å². The summed E-state index contributed by atoms with van der Waals surface area (Å²) in [5.41, 5.74) is 0.726. The Morgan fingerprint density at radius 2 is 2.05 bits per heavy atom. The predicted octanol–water partition coefficient (Wildman–Crippen LogP) is 1.62. The van der Waals surface area contributed by atoms with E-state index in [2.05, 4.69) is 20.0 Å². The van der Waals surface area contributed by atoms with Crippen molar-refractivity contribution in [2.75, 3.05) is 0 Å². The number of rotatable bonds is 3. The first-order valence-corrected chi connectivity index (χ1v) is 7.47. The lowest BCUT2D eigenvalue weighted by atomic mass is 10.00. The maximum absolute atomic E-state index is 9.84. The molecule has 110 valence electrons. The van der Waals surface area contributed by atoms with Crippen LogP contribution in [0.3, 0.4) is 0 Å². The zero-order valence-corrected chi connectivity index (χ0v) is 11.7. The molecule has 1 N–H and O–H groups in total. The summed E-state index contributed by atoms with van der Waals surface area (Å²) in [6.07, 6.45) is 5.60. The molecule has 2 fully saturated rings. The van der Waals surface area contributed by atoms with Crippen molar-refractivity contribution in [1.29, 1.82) is 0 Å². The van der Waals surface area contributed by atoms with Crippen LogP contribution in [0.4, 0.5) is 0 Å². The van der Waals surface area contributed by atoms with Gasteiger partial charge >= 0.3 is 0 Å². The van der Waals surface area contributed by atoms with Crippen LogP contribution in [-0.4, -0.2) is 43.3 Å². The standard InChI is InChI=1S/C15H18N4O2/c20-12-7-10-4-5-11(8-12)19(10)9-14-17-15(18-21-14)13-3-1-2-6-16-13/h1-3,6,10-12,20H,4-5,7-9H2. The van der Waals surface area contributed by atoms with Gasteiger partial charge in [-0.2, -0.15) is 4.98 Å². The summed E-state index contributed by atoms with van der Waals surface area (Å²) in [7, 11) is 0. The fourth-order valence-electron chi connectivity index (χ4n) is 3.58. The SMILES string of the molecule is OC1CC2CCC(C1)N2Cc1nc(-c2ccccn2)no1. The molecule has 2 bridgehead atoms. The normalized spacial score (nSPS) is 28.9. The fraction of sp³-hybridized carbons (Fsp3) is 0.533. The number of pyridine rings is 1. The molecule has 2 aromatic heterocycles. The van der Waals surface area contributed by atoms with E-state index in [1.165, 1.54) is 0 Å². The highest BCUT2D eigenvalue weighted by Gasteiger charge is 2.40. The van der Waals surface area contributed by atoms with Crippen LogP contribution in [0.2, 0.25) is 0 Å². The van der Waals surface area contributed by atoms with Crippen LogP contribution < -0.4 is 0 Å². The van der Waals surface area contributed by atoms with Crippen LogP contribution in [0.25, 0.3) is 11.5 Å². The number of aromatic nitrogens is 3. The van der Waals surface area contributed by atoms with Crippen LogP contribution in [0.5, 0.6) is 0 Å². The Balaban J connectivity index is 1.50. The van der Waals surface area contributed by atoms with Gasteiger partial charge in [0, 0.05) is 18.3 Å². The highest BCUT2D eigenvalue weighted by molar-refractivity contribution is 5.46. The smallest absolute Gasteiger partial charge is 0.241 e. The molecule has 2 atom stereocenters. The third-order valence-corrected chi connectivity index (χ3v) is 4.54. The number of fused-ring (bicyclic) bond motifs is 2. The summed E-state index contributed by atoms with van der Waals surface area (Å²) < 4.78 is 5.37. The summed E-state index contributed by atoms with van der Waals surface area (Å²) in [5.74, 6) is 1.17. The van der Waals surface area contributed by atoms with E-state index in [4.69, 9.17) is 4.52 Å². The molecule has 4 heterocycles. The van der Waals surface area contributed by atoms with E-state index in [-0.39, 0.29) is 6.10 Å². The summed E-state index contributed by atoms with van der Waals surface area (Å²) in [4.78, 5) is 11.1. The Kier molecular flexibility index (Phi) is 3.20. The molecule has 6 heteroatoms. The quantitative estimate of drug-likeness (QED) is 0.924. The molecule has 6 nitrogen and oxygen atoms in total. The van der Waals surface area contributed by atoms with Crippen molar-refractivity contribution >= 4 is 0 Å². The number of hydrogen-bond donors (Lipinski definition) is 1. The van der Waals surface area contributed by atoms with E-state index in [1.54, 1.807) is 6.20 Å². The minimum atomic E-state index is -0.148. The molecule has 2 aliphatic rings. The Morgan fingerprint density at radius 3 is 2.76 bits per heavy atom. The van der Waals surface area contributed by atoms with Crippen molar-refractivity contribution in [2.24, 2.45) is 0 Å². The van der Waals surface area contributed by atoms with Gasteiger partial charge in [0.15, 0.2) is 0 Å². The molecule has 4 rings (SSSR count). The third kappa shape index (κ3) is 2.45. The van der Waals surface area contributed by atoms with Gasteiger partial charge < -0.3 is 9.63 Å². The van der Waals surface area contributed by atoms with Gasteiger partial charge in [0.2, 0.25) is 11.7 Å². The maximum Gasteiger partial charge on any atom is 0.241 e. The second kappa shape index (κ2) is 5.20. The summed E-state index contributed by atoms with van der Waals surface area (Å²) in [5, 5.41) is 13.9. The average molecular weight is 286 g/mol. The fourth-order valence-corrected chi connectivity index (χ4v) is 3.58. The molecule has 0 aliphatic carbocycles. The van der Waals surface area contributed by atoms with Crippen LogP contribution >= 0.6 is 0 Å². The largest absolute Gasteiger partial charge is 0.393 e. The lowest BCUT2D eigenvalue weighted by molar-refractivity contribution is 0.0256. The van der Waals surface area contributed by atoms with E-state index in [0.29, 0.717) is 30.3 Å². The van der Waals surface area contributed by atoms with E-state index >= 15 is 0 Å². The Morgan fingerprint density at radius 1 is 1.24 bits per heavy atom. The maximum atomic E-state index is 9.84. The predicted molar refractivity (Wildman–Crippen MR) is 75.1 cm³/mol. The Bertz CT molecular complexity index is 601. The molecular weight excluding hydrogens is 268 g/mol. The Labute approximate surface area is 122 Å². The van der Waals surface area contributed by atoms with Crippen molar-refractivity contribution in [3.8, 4) is 11.5 Å². The summed E-state index contributed by atoms with van der Waals surface area (Å²) in [6, 6.07) is 6.54. The highest BCUT2D eigenvalue weighted by atomic mass is 16.5. The molecule has 2 unspecified atom stereocenters. The zero-order valence-electron chi connectivity index (χ0n) is 11.7. The van der Waals surface area contributed by atoms with Gasteiger partial charge in [-0.15, -0.1) is 0 Å². The van der Waals surface area contributed by atoms with Gasteiger partial charge in [-0.05, 0) is 37.8 Å². The zero-order chi connectivity index (χ0) is 14.2. The first kappa shape index (κ1) is 12.9. The van der Waals surface area contributed by atoms with Crippen LogP contribution in [-0.2, 0) is 6.54 Å². The van der Waals surface area contributed by atoms with Gasteiger partial charge in [0.05, 0.1) is 12.6 Å². The molecule has 0 saturated carbocycles. The number of aliphatic hydroxyl groups excluding tert-OH is 1. The van der Waals surface area contributed by atoms with Crippen molar-refractivity contribution < 1.29 is 9.63 Å². The number of nitrogens with zero attached hydrogens (tertiary/aromatic N) is 4. The van der Waals surface area contributed by atoms with E-state index in [1.807, 2.05) is 18.2 Å². The summed E-state index contributed by atoms with van der Waals surface area (Å²) in [6.45, 7) is 0.669. The van der Waals surface area contributed by atoms with Crippen LogP contribution in [0.1, 0.15) is 31.6 Å². The minimum absolute atomic E-state index is 0.148. The number of aliphatic hydroxyl groups is 1. The van der Waals surface area contributed by atoms with Gasteiger partial charge in [-0.1, -0.05) is 11.2 Å². The first-order chi connectivity index (χ1) is 10.3. The van der Waals surface area contributed by atoms with Gasteiger partial charge in [-0.25, -0.2) is 0 Å². The van der Waals surface area contributed by atoms with Crippen molar-refractivity contribution in [3.05, 3.63) is 30.3 Å². The molecule has 21 heavy (non-hydrogen) atoms. The lowest BCUT2D eigenvalue weighted by Gasteiger charge is -2.36. The van der Waals surface area contributed by atoms with E-state index in [9.17, 15) is 5.11 Å². The third-order valence-electron chi connectivity index (χ3n) is 4.54. The average Bonchev–Trinajstić information content (AvgIpc) is 3.05. The second-order valence-electron chi connectivity index (χ2n) is 5.91. The van der Waals surface area contributed by atoms with Crippen molar-refractivity contribution in [3.63, 3.8) is 0 Å². The highest BCUT2D eigenvalue weighted by Crippen LogP contribution is 2.36. The van der Waals surface area contributed by atoms with Crippen molar-refractivity contribution in [2.45, 2.75) is 50.4 Å². The van der Waals surface area contributed by atoms with Crippen molar-refractivity contribution in [1.82, 2.24) is 20.0 Å². The second-order valence-corrected chi connectivity index (χ2v) is 5.91. The molecule has 2 aliphatic heterocycles. The van der Waals surface area contributed by atoms with Gasteiger partial charge in [0.25, 0.3) is 0 Å². The van der Waals surface area contributed by atoms with Gasteiger partial charge in [0.1, 0.15) is 5.69 Å². The topological polar surface area (TPSA) is 75.3 Å². The monoisotopic (exact) mass is 286 g/mol. The van der Waals surface area contributed by atoms with Crippen LogP contribution in [0, 0.1) is 0 Å². The molecule has 2 saturated heterocycles. The van der Waals surface area contributed by atoms with E-state index < -0.39 is 0 Å². The molecule has 0 aromatic carbocycles. The minimum Gasteiger partial charge on any atom is -0.393 e. The number of hydrogen-bond acceptors (Lipinski definition) is 6. The molecule has 0 spiro atoms.